The van der Waals surface area contributed by atoms with Crippen LogP contribution < -0.4 is 5.32 Å². The van der Waals surface area contributed by atoms with Crippen LogP contribution in [0.25, 0.3) is 0 Å². The highest BCUT2D eigenvalue weighted by Crippen LogP contribution is 2.23. The molecule has 1 aromatic heterocycles. The molecule has 5 nitrogen and oxygen atoms in total. The van der Waals surface area contributed by atoms with Gasteiger partial charge in [0, 0.05) is 24.4 Å². The highest BCUT2D eigenvalue weighted by Gasteiger charge is 2.35. The van der Waals surface area contributed by atoms with E-state index in [2.05, 4.69) is 24.1 Å². The third-order valence-electron chi connectivity index (χ3n) is 4.16. The molecule has 2 amide bonds. The van der Waals surface area contributed by atoms with E-state index >= 15 is 0 Å². The fourth-order valence-corrected chi connectivity index (χ4v) is 3.47. The Morgan fingerprint density at radius 1 is 1.45 bits per heavy atom. The molecule has 1 aliphatic rings. The smallest absolute Gasteiger partial charge is 0.242 e. The molecule has 122 valence electrons. The Labute approximate surface area is 136 Å². The molecule has 0 radical (unpaired) electrons. The molecule has 1 N–H and O–H groups in total. The fraction of sp³-hybridized carbons (Fsp3) is 0.625. The molecular weight excluding hydrogens is 298 g/mol. The molecular formula is C16H25N3O2S. The number of nitrogens with one attached hydrogen (secondary N) is 1. The van der Waals surface area contributed by atoms with Gasteiger partial charge in [0.15, 0.2) is 0 Å². The summed E-state index contributed by atoms with van der Waals surface area (Å²) < 4.78 is 0. The minimum Gasteiger partial charge on any atom is -0.353 e. The lowest BCUT2D eigenvalue weighted by molar-refractivity contribution is -0.135. The van der Waals surface area contributed by atoms with Gasteiger partial charge in [0.05, 0.1) is 6.54 Å². The fourth-order valence-electron chi connectivity index (χ4n) is 2.77. The largest absolute Gasteiger partial charge is 0.353 e. The molecule has 1 aromatic rings. The number of thiophene rings is 1. The zero-order valence-corrected chi connectivity index (χ0v) is 14.2. The van der Waals surface area contributed by atoms with Crippen molar-refractivity contribution >= 4 is 23.2 Å². The van der Waals surface area contributed by atoms with Crippen LogP contribution in [-0.4, -0.2) is 53.8 Å². The molecule has 0 aliphatic carbocycles. The van der Waals surface area contributed by atoms with Gasteiger partial charge in [0.25, 0.3) is 0 Å². The molecule has 1 aliphatic heterocycles. The number of hydrogen-bond donors (Lipinski definition) is 1. The van der Waals surface area contributed by atoms with E-state index in [0.717, 1.165) is 24.5 Å². The molecule has 6 heteroatoms. The Hall–Kier alpha value is -1.40. The molecule has 0 bridgehead atoms. The molecule has 22 heavy (non-hydrogen) atoms. The lowest BCUT2D eigenvalue weighted by atomic mass is 10.2. The Kier molecular flexibility index (Phi) is 6.39. The summed E-state index contributed by atoms with van der Waals surface area (Å²) in [5.74, 6) is 0.0619. The lowest BCUT2D eigenvalue weighted by Crippen LogP contribution is -2.46. The van der Waals surface area contributed by atoms with Crippen molar-refractivity contribution in [2.75, 3.05) is 26.2 Å². The average Bonchev–Trinajstić information content (AvgIpc) is 3.15. The summed E-state index contributed by atoms with van der Waals surface area (Å²) in [6.07, 6.45) is 1.10. The van der Waals surface area contributed by atoms with Crippen LogP contribution in [0, 0.1) is 0 Å². The highest BCUT2D eigenvalue weighted by atomic mass is 32.1. The van der Waals surface area contributed by atoms with Gasteiger partial charge in [-0.15, -0.1) is 11.3 Å². The van der Waals surface area contributed by atoms with Crippen LogP contribution in [0.4, 0.5) is 0 Å². The van der Waals surface area contributed by atoms with Crippen LogP contribution in [0.5, 0.6) is 0 Å². The number of amides is 2. The first-order valence-corrected chi connectivity index (χ1v) is 8.85. The maximum absolute atomic E-state index is 12.4. The van der Waals surface area contributed by atoms with E-state index in [1.807, 2.05) is 17.5 Å². The molecule has 1 atom stereocenters. The second kappa shape index (κ2) is 8.29. The highest BCUT2D eigenvalue weighted by molar-refractivity contribution is 7.09. The van der Waals surface area contributed by atoms with Crippen LogP contribution in [0.3, 0.4) is 0 Å². The van der Waals surface area contributed by atoms with Crippen molar-refractivity contribution in [3.05, 3.63) is 22.4 Å². The number of hydrogen-bond acceptors (Lipinski definition) is 4. The number of likely N-dealkylation sites (tertiary alicyclic amines) is 1. The molecule has 0 aromatic carbocycles. The second-order valence-corrected chi connectivity index (χ2v) is 6.51. The predicted octanol–water partition coefficient (Wildman–Crippen LogP) is 1.70. The number of carbonyl (C=O) groups is 2. The van der Waals surface area contributed by atoms with Gasteiger partial charge in [0.1, 0.15) is 6.04 Å². The van der Waals surface area contributed by atoms with E-state index < -0.39 is 0 Å². The standard InChI is InChI=1S/C16H25N3O2S/c1-3-18(4-2)10-9-17-16(21)14-7-8-15(20)19(14)12-13-6-5-11-22-13/h5-6,11,14H,3-4,7-10,12H2,1-2H3,(H,17,21)/t14-/m1/s1. The normalized spacial score (nSPS) is 18.2. The Bertz CT molecular complexity index is 486. The van der Waals surface area contributed by atoms with Crippen LogP contribution in [0.2, 0.25) is 0 Å². The summed E-state index contributed by atoms with van der Waals surface area (Å²) in [6, 6.07) is 3.66. The summed E-state index contributed by atoms with van der Waals surface area (Å²) in [4.78, 5) is 29.5. The van der Waals surface area contributed by atoms with E-state index in [1.165, 1.54) is 0 Å². The summed E-state index contributed by atoms with van der Waals surface area (Å²) in [7, 11) is 0. The summed E-state index contributed by atoms with van der Waals surface area (Å²) >= 11 is 1.62. The van der Waals surface area contributed by atoms with Crippen molar-refractivity contribution in [2.45, 2.75) is 39.3 Å². The maximum Gasteiger partial charge on any atom is 0.242 e. The minimum absolute atomic E-state index is 0.0189. The van der Waals surface area contributed by atoms with Crippen molar-refractivity contribution in [1.82, 2.24) is 15.1 Å². The van der Waals surface area contributed by atoms with Crippen molar-refractivity contribution in [3.63, 3.8) is 0 Å². The van der Waals surface area contributed by atoms with Crippen LogP contribution in [-0.2, 0) is 16.1 Å². The third-order valence-corrected chi connectivity index (χ3v) is 5.02. The van der Waals surface area contributed by atoms with Gasteiger partial charge in [-0.05, 0) is 31.0 Å². The monoisotopic (exact) mass is 323 g/mol. The topological polar surface area (TPSA) is 52.7 Å². The molecule has 0 spiro atoms. The van der Waals surface area contributed by atoms with Crippen LogP contribution in [0.1, 0.15) is 31.6 Å². The van der Waals surface area contributed by atoms with Gasteiger partial charge < -0.3 is 15.1 Å². The van der Waals surface area contributed by atoms with Gasteiger partial charge >= 0.3 is 0 Å². The van der Waals surface area contributed by atoms with Gasteiger partial charge in [-0.25, -0.2) is 0 Å². The summed E-state index contributed by atoms with van der Waals surface area (Å²) in [5, 5.41) is 4.98. The SMILES string of the molecule is CCN(CC)CCNC(=O)[C@H]1CCC(=O)N1Cc1cccs1. The lowest BCUT2D eigenvalue weighted by Gasteiger charge is -2.24. The maximum atomic E-state index is 12.4. The summed E-state index contributed by atoms with van der Waals surface area (Å²) in [6.45, 7) is 8.23. The van der Waals surface area contributed by atoms with E-state index in [-0.39, 0.29) is 17.9 Å². The van der Waals surface area contributed by atoms with Crippen LogP contribution >= 0.6 is 11.3 Å². The zero-order valence-electron chi connectivity index (χ0n) is 13.4. The van der Waals surface area contributed by atoms with Crippen molar-refractivity contribution in [2.24, 2.45) is 0 Å². The first-order valence-electron chi connectivity index (χ1n) is 7.97. The Morgan fingerprint density at radius 3 is 2.86 bits per heavy atom. The number of nitrogens with zero attached hydrogens (tertiary/aromatic N) is 2. The molecule has 0 unspecified atom stereocenters. The van der Waals surface area contributed by atoms with Crippen molar-refractivity contribution in [1.29, 1.82) is 0 Å². The van der Waals surface area contributed by atoms with E-state index in [9.17, 15) is 9.59 Å². The zero-order chi connectivity index (χ0) is 15.9. The first-order chi connectivity index (χ1) is 10.7. The predicted molar refractivity (Wildman–Crippen MR) is 88.7 cm³/mol. The molecule has 0 saturated carbocycles. The van der Waals surface area contributed by atoms with Gasteiger partial charge in [0.2, 0.25) is 11.8 Å². The van der Waals surface area contributed by atoms with Gasteiger partial charge in [-0.2, -0.15) is 0 Å². The Balaban J connectivity index is 1.86. The number of likely N-dealkylation sites (N-methyl/N-ethyl adjacent to an activating group) is 1. The number of rotatable bonds is 8. The molecule has 1 saturated heterocycles. The Morgan fingerprint density at radius 2 is 2.23 bits per heavy atom. The average molecular weight is 323 g/mol. The minimum atomic E-state index is -0.314. The number of carbonyl (C=O) groups excluding carboxylic acids is 2. The van der Waals surface area contributed by atoms with Crippen molar-refractivity contribution in [3.8, 4) is 0 Å². The van der Waals surface area contributed by atoms with Gasteiger partial charge in [-0.1, -0.05) is 19.9 Å². The molecule has 2 heterocycles. The van der Waals surface area contributed by atoms with E-state index in [1.54, 1.807) is 16.2 Å². The third kappa shape index (κ3) is 4.30. The molecule has 2 rings (SSSR count). The quantitative estimate of drug-likeness (QED) is 0.792. The summed E-state index contributed by atoms with van der Waals surface area (Å²) in [5.41, 5.74) is 0. The second-order valence-electron chi connectivity index (χ2n) is 5.47. The van der Waals surface area contributed by atoms with Crippen molar-refractivity contribution < 1.29 is 9.59 Å². The molecule has 1 fully saturated rings. The van der Waals surface area contributed by atoms with E-state index in [4.69, 9.17) is 0 Å². The first kappa shape index (κ1) is 17.0. The van der Waals surface area contributed by atoms with E-state index in [0.29, 0.717) is 25.9 Å². The van der Waals surface area contributed by atoms with Crippen LogP contribution in [0.15, 0.2) is 17.5 Å². The van der Waals surface area contributed by atoms with Gasteiger partial charge in [-0.3, -0.25) is 9.59 Å².